The van der Waals surface area contributed by atoms with Gasteiger partial charge in [-0.05, 0) is 43.4 Å². The molecule has 1 N–H and O–H groups in total. The standard InChI is InChI=1S/C40H64O11/c1-6-7-8-9-10-11-12-13-14-15-16-17-18-21-28-46-35-25-23-34(24-26-35)22-19-20-27-40(45)39(50-33(5)44)38(49-32(4)43)37(48-31(3)42)36(51-40)29-47-30(2)41/h23-26,36-39,45H,6-22,27-29H2,1-5H3/t36-,37-,38+,39-,40-/m1/s1. The Bertz CT molecular complexity index is 1150. The van der Waals surface area contributed by atoms with E-state index in [9.17, 15) is 24.3 Å². The van der Waals surface area contributed by atoms with Gasteiger partial charge in [0.1, 0.15) is 18.5 Å². The van der Waals surface area contributed by atoms with E-state index in [1.54, 1.807) is 0 Å². The van der Waals surface area contributed by atoms with Crippen molar-refractivity contribution in [3.8, 4) is 5.75 Å². The van der Waals surface area contributed by atoms with Crippen molar-refractivity contribution in [1.82, 2.24) is 0 Å². The number of carbonyl (C=O) groups excluding carboxylic acids is 4. The van der Waals surface area contributed by atoms with Gasteiger partial charge in [-0.3, -0.25) is 19.2 Å². The molecular formula is C40H64O11. The van der Waals surface area contributed by atoms with Crippen LogP contribution in [0.3, 0.4) is 0 Å². The zero-order valence-corrected chi connectivity index (χ0v) is 31.8. The minimum absolute atomic E-state index is 0.00748. The minimum Gasteiger partial charge on any atom is -0.494 e. The molecule has 1 saturated heterocycles. The molecule has 5 atom stereocenters. The van der Waals surface area contributed by atoms with Crippen molar-refractivity contribution in [2.75, 3.05) is 13.2 Å². The van der Waals surface area contributed by atoms with E-state index in [4.69, 9.17) is 28.4 Å². The lowest BCUT2D eigenvalue weighted by molar-refractivity contribution is -0.354. The maximum Gasteiger partial charge on any atom is 0.303 e. The Morgan fingerprint density at radius 2 is 1.16 bits per heavy atom. The molecule has 0 aliphatic carbocycles. The summed E-state index contributed by atoms with van der Waals surface area (Å²) in [4.78, 5) is 47.7. The van der Waals surface area contributed by atoms with Crippen LogP contribution >= 0.6 is 0 Å². The van der Waals surface area contributed by atoms with E-state index < -0.39 is 60.7 Å². The molecule has 2 rings (SSSR count). The Balaban J connectivity index is 1.79. The quantitative estimate of drug-likeness (QED) is 0.0571. The number of benzene rings is 1. The Hall–Kier alpha value is -3.18. The Kier molecular flexibility index (Phi) is 21.5. The first-order valence-electron chi connectivity index (χ1n) is 19.2. The van der Waals surface area contributed by atoms with Gasteiger partial charge in [0, 0.05) is 34.1 Å². The molecule has 51 heavy (non-hydrogen) atoms. The predicted octanol–water partition coefficient (Wildman–Crippen LogP) is 7.71. The Labute approximate surface area is 305 Å². The smallest absolute Gasteiger partial charge is 0.303 e. The van der Waals surface area contributed by atoms with Crippen molar-refractivity contribution in [1.29, 1.82) is 0 Å². The third-order valence-corrected chi connectivity index (χ3v) is 9.08. The van der Waals surface area contributed by atoms with Gasteiger partial charge >= 0.3 is 23.9 Å². The molecule has 0 radical (unpaired) electrons. The molecule has 0 bridgehead atoms. The van der Waals surface area contributed by atoms with E-state index >= 15 is 0 Å². The van der Waals surface area contributed by atoms with E-state index in [1.165, 1.54) is 90.4 Å². The van der Waals surface area contributed by atoms with Gasteiger partial charge in [-0.25, -0.2) is 0 Å². The molecule has 1 aliphatic rings. The van der Waals surface area contributed by atoms with Crippen LogP contribution in [0.15, 0.2) is 24.3 Å². The molecule has 1 heterocycles. The van der Waals surface area contributed by atoms with Gasteiger partial charge in [-0.1, -0.05) is 103 Å². The molecule has 0 aromatic heterocycles. The molecular weight excluding hydrogens is 656 g/mol. The zero-order valence-electron chi connectivity index (χ0n) is 31.8. The van der Waals surface area contributed by atoms with Crippen LogP contribution in [0.25, 0.3) is 0 Å². The summed E-state index contributed by atoms with van der Waals surface area (Å²) in [6, 6.07) is 7.96. The van der Waals surface area contributed by atoms with Crippen LogP contribution in [0.5, 0.6) is 5.75 Å². The van der Waals surface area contributed by atoms with E-state index in [2.05, 4.69) is 6.92 Å². The molecule has 0 spiro atoms. The number of aliphatic hydroxyl groups is 1. The lowest BCUT2D eigenvalue weighted by atomic mass is 9.88. The first-order chi connectivity index (χ1) is 24.4. The van der Waals surface area contributed by atoms with Gasteiger partial charge in [-0.2, -0.15) is 0 Å². The van der Waals surface area contributed by atoms with Gasteiger partial charge in [0.05, 0.1) is 6.61 Å². The van der Waals surface area contributed by atoms with Crippen LogP contribution in [-0.4, -0.2) is 72.4 Å². The summed E-state index contributed by atoms with van der Waals surface area (Å²) in [5.41, 5.74) is 1.09. The average Bonchev–Trinajstić information content (AvgIpc) is 3.07. The lowest BCUT2D eigenvalue weighted by Gasteiger charge is -2.48. The largest absolute Gasteiger partial charge is 0.494 e. The van der Waals surface area contributed by atoms with Gasteiger partial charge in [-0.15, -0.1) is 0 Å². The summed E-state index contributed by atoms with van der Waals surface area (Å²) >= 11 is 0. The van der Waals surface area contributed by atoms with Crippen molar-refractivity contribution in [3.63, 3.8) is 0 Å². The van der Waals surface area contributed by atoms with Crippen LogP contribution in [0.1, 0.15) is 149 Å². The van der Waals surface area contributed by atoms with Crippen LogP contribution < -0.4 is 4.74 Å². The van der Waals surface area contributed by atoms with Gasteiger partial charge in [0.15, 0.2) is 18.3 Å². The third-order valence-electron chi connectivity index (χ3n) is 9.08. The highest BCUT2D eigenvalue weighted by molar-refractivity contribution is 5.68. The Morgan fingerprint density at radius 1 is 0.647 bits per heavy atom. The second-order valence-electron chi connectivity index (χ2n) is 13.8. The average molecular weight is 721 g/mol. The number of carbonyl (C=O) groups is 4. The number of unbranched alkanes of at least 4 members (excludes halogenated alkanes) is 14. The topological polar surface area (TPSA) is 144 Å². The van der Waals surface area contributed by atoms with E-state index in [-0.39, 0.29) is 6.42 Å². The number of hydrogen-bond acceptors (Lipinski definition) is 11. The molecule has 0 saturated carbocycles. The lowest BCUT2D eigenvalue weighted by Crippen LogP contribution is -2.68. The third kappa shape index (κ3) is 18.2. The van der Waals surface area contributed by atoms with Gasteiger partial charge < -0.3 is 33.5 Å². The fourth-order valence-electron chi connectivity index (χ4n) is 6.51. The SMILES string of the molecule is CCCCCCCCCCCCCCCCOc1ccc(CCCC[C@@]2(O)O[C@H](COC(C)=O)[C@@H](OC(C)=O)[C@H](OC(C)=O)[C@H]2OC(C)=O)cc1. The molecule has 1 fully saturated rings. The summed E-state index contributed by atoms with van der Waals surface area (Å²) < 4.78 is 33.2. The van der Waals surface area contributed by atoms with E-state index in [0.29, 0.717) is 25.9 Å². The molecule has 11 heteroatoms. The van der Waals surface area contributed by atoms with Crippen LogP contribution in [0, 0.1) is 0 Å². The predicted molar refractivity (Wildman–Crippen MR) is 193 cm³/mol. The molecule has 1 aromatic carbocycles. The molecule has 290 valence electrons. The second-order valence-corrected chi connectivity index (χ2v) is 13.8. The molecule has 11 nitrogen and oxygen atoms in total. The number of esters is 4. The maximum atomic E-state index is 12.1. The zero-order chi connectivity index (χ0) is 37.5. The van der Waals surface area contributed by atoms with E-state index in [1.807, 2.05) is 24.3 Å². The normalized spacial score (nSPS) is 21.5. The summed E-state index contributed by atoms with van der Waals surface area (Å²) in [6.07, 6.45) is 14.9. The molecule has 1 aromatic rings. The van der Waals surface area contributed by atoms with Crippen molar-refractivity contribution in [2.45, 2.75) is 180 Å². The van der Waals surface area contributed by atoms with Gasteiger partial charge in [0.2, 0.25) is 5.79 Å². The summed E-state index contributed by atoms with van der Waals surface area (Å²) in [7, 11) is 0. The van der Waals surface area contributed by atoms with Crippen molar-refractivity contribution in [3.05, 3.63) is 29.8 Å². The molecule has 0 amide bonds. The molecule has 0 unspecified atom stereocenters. The fraction of sp³-hybridized carbons (Fsp3) is 0.750. The Morgan fingerprint density at radius 3 is 1.67 bits per heavy atom. The highest BCUT2D eigenvalue weighted by Crippen LogP contribution is 2.37. The minimum atomic E-state index is -2.13. The number of aryl methyl sites for hydroxylation is 1. The van der Waals surface area contributed by atoms with Crippen LogP contribution in [0.4, 0.5) is 0 Å². The maximum absolute atomic E-state index is 12.1. The summed E-state index contributed by atoms with van der Waals surface area (Å²) in [5, 5.41) is 11.7. The fourth-order valence-corrected chi connectivity index (χ4v) is 6.51. The highest BCUT2D eigenvalue weighted by atomic mass is 16.7. The first-order valence-corrected chi connectivity index (χ1v) is 19.2. The first kappa shape index (κ1) is 44.0. The second kappa shape index (κ2) is 24.9. The highest BCUT2D eigenvalue weighted by Gasteiger charge is 2.59. The monoisotopic (exact) mass is 720 g/mol. The number of rotatable bonds is 26. The van der Waals surface area contributed by atoms with Crippen LogP contribution in [-0.2, 0) is 49.3 Å². The number of ether oxygens (including phenoxy) is 6. The van der Waals surface area contributed by atoms with E-state index in [0.717, 1.165) is 38.5 Å². The van der Waals surface area contributed by atoms with Crippen molar-refractivity contribution >= 4 is 23.9 Å². The molecule has 1 aliphatic heterocycles. The number of hydrogen-bond donors (Lipinski definition) is 1. The summed E-state index contributed by atoms with van der Waals surface area (Å²) in [5.74, 6) is -4.16. The van der Waals surface area contributed by atoms with Crippen LogP contribution in [0.2, 0.25) is 0 Å². The van der Waals surface area contributed by atoms with Gasteiger partial charge in [0.25, 0.3) is 0 Å². The van der Waals surface area contributed by atoms with Crippen molar-refractivity contribution in [2.24, 2.45) is 0 Å². The van der Waals surface area contributed by atoms with Crippen molar-refractivity contribution < 1.29 is 52.7 Å². The summed E-state index contributed by atoms with van der Waals surface area (Å²) in [6.45, 7) is 7.20.